The molecule has 0 spiro atoms. The van der Waals surface area contributed by atoms with Crippen molar-refractivity contribution in [3.05, 3.63) is 65.7 Å². The van der Waals surface area contributed by atoms with Gasteiger partial charge in [-0.05, 0) is 54.9 Å². The summed E-state index contributed by atoms with van der Waals surface area (Å²) in [5, 5.41) is 0. The first kappa shape index (κ1) is 17.8. The predicted molar refractivity (Wildman–Crippen MR) is 106 cm³/mol. The van der Waals surface area contributed by atoms with Gasteiger partial charge in [0.2, 0.25) is 0 Å². The third-order valence-corrected chi connectivity index (χ3v) is 6.12. The Bertz CT molecular complexity index is 890. The van der Waals surface area contributed by atoms with Crippen LogP contribution in [0.25, 0.3) is 5.57 Å². The number of benzene rings is 2. The molecule has 2 aromatic rings. The Morgan fingerprint density at radius 1 is 1.04 bits per heavy atom. The second-order valence-electron chi connectivity index (χ2n) is 7.38. The van der Waals surface area contributed by atoms with Crippen LogP contribution in [0.4, 0.5) is 0 Å². The molecule has 0 saturated carbocycles. The summed E-state index contributed by atoms with van der Waals surface area (Å²) in [5.41, 5.74) is 3.17. The van der Waals surface area contributed by atoms with E-state index in [0.29, 0.717) is 6.42 Å². The van der Waals surface area contributed by atoms with Gasteiger partial charge in [-0.25, -0.2) is 0 Å². The molecule has 2 aliphatic rings. The summed E-state index contributed by atoms with van der Waals surface area (Å²) >= 11 is 0. The molecule has 1 unspecified atom stereocenters. The number of ether oxygens (including phenoxy) is 2. The van der Waals surface area contributed by atoms with Crippen LogP contribution in [0, 0.1) is 0 Å². The molecule has 0 aromatic heterocycles. The van der Waals surface area contributed by atoms with Crippen LogP contribution in [0.15, 0.2) is 54.6 Å². The molecular formula is C23H25NO3. The van der Waals surface area contributed by atoms with Gasteiger partial charge in [-0.1, -0.05) is 36.4 Å². The molecule has 4 nitrogen and oxygen atoms in total. The van der Waals surface area contributed by atoms with Crippen molar-refractivity contribution in [3.8, 4) is 11.5 Å². The minimum Gasteiger partial charge on any atom is -0.493 e. The van der Waals surface area contributed by atoms with Crippen LogP contribution in [-0.4, -0.2) is 44.5 Å². The van der Waals surface area contributed by atoms with E-state index in [1.165, 1.54) is 5.56 Å². The molecule has 0 N–H and O–H groups in total. The molecule has 0 bridgehead atoms. The van der Waals surface area contributed by atoms with Gasteiger partial charge < -0.3 is 14.4 Å². The van der Waals surface area contributed by atoms with Crippen LogP contribution in [0.2, 0.25) is 0 Å². The predicted octanol–water partition coefficient (Wildman–Crippen LogP) is 3.70. The molecular weight excluding hydrogens is 338 g/mol. The number of likely N-dealkylation sites (tertiary alicyclic amines) is 1. The van der Waals surface area contributed by atoms with E-state index in [-0.39, 0.29) is 17.2 Å². The number of likely N-dealkylation sites (N-methyl/N-ethyl adjacent to an activating group) is 1. The quantitative estimate of drug-likeness (QED) is 0.830. The number of rotatable bonds is 4. The van der Waals surface area contributed by atoms with Gasteiger partial charge in [-0.2, -0.15) is 0 Å². The first-order valence-corrected chi connectivity index (χ1v) is 9.33. The molecule has 4 heteroatoms. The van der Waals surface area contributed by atoms with Gasteiger partial charge >= 0.3 is 0 Å². The maximum atomic E-state index is 12.6. The lowest BCUT2D eigenvalue weighted by atomic mass is 9.63. The third kappa shape index (κ3) is 2.76. The molecule has 27 heavy (non-hydrogen) atoms. The highest BCUT2D eigenvalue weighted by atomic mass is 16.5. The van der Waals surface area contributed by atoms with Gasteiger partial charge in [0.15, 0.2) is 17.3 Å². The molecule has 1 aliphatic heterocycles. The lowest BCUT2D eigenvalue weighted by molar-refractivity contribution is -0.116. The molecule has 2 atom stereocenters. The van der Waals surface area contributed by atoms with Crippen molar-refractivity contribution in [3.63, 3.8) is 0 Å². The van der Waals surface area contributed by atoms with Crippen molar-refractivity contribution in [1.29, 1.82) is 0 Å². The van der Waals surface area contributed by atoms with E-state index < -0.39 is 0 Å². The minimum absolute atomic E-state index is 0.142. The maximum absolute atomic E-state index is 12.6. The van der Waals surface area contributed by atoms with E-state index in [2.05, 4.69) is 36.2 Å². The highest BCUT2D eigenvalue weighted by molar-refractivity contribution is 6.02. The SMILES string of the molecule is COc1ccc([C@]23CCN(C)C2CC(=O)C=C3c2ccccc2)cc1OC. The first-order valence-electron chi connectivity index (χ1n) is 9.33. The molecule has 0 amide bonds. The van der Waals surface area contributed by atoms with Crippen molar-refractivity contribution >= 4 is 11.4 Å². The fourth-order valence-corrected chi connectivity index (χ4v) is 4.80. The third-order valence-electron chi connectivity index (χ3n) is 6.12. The monoisotopic (exact) mass is 363 g/mol. The Hall–Kier alpha value is -2.59. The number of fused-ring (bicyclic) bond motifs is 1. The summed E-state index contributed by atoms with van der Waals surface area (Å²) in [6.07, 6.45) is 3.38. The summed E-state index contributed by atoms with van der Waals surface area (Å²) in [6.45, 7) is 0.955. The number of nitrogens with zero attached hydrogens (tertiary/aromatic N) is 1. The van der Waals surface area contributed by atoms with Gasteiger partial charge in [-0.15, -0.1) is 0 Å². The Kier molecular flexibility index (Phi) is 4.52. The van der Waals surface area contributed by atoms with Gasteiger partial charge in [0.25, 0.3) is 0 Å². The number of hydrogen-bond acceptors (Lipinski definition) is 4. The number of carbonyl (C=O) groups is 1. The Morgan fingerprint density at radius 3 is 2.48 bits per heavy atom. The average Bonchev–Trinajstić information content (AvgIpc) is 3.05. The molecule has 4 rings (SSSR count). The Balaban J connectivity index is 1.95. The van der Waals surface area contributed by atoms with E-state index in [4.69, 9.17) is 9.47 Å². The molecule has 0 radical (unpaired) electrons. The lowest BCUT2D eigenvalue weighted by Crippen LogP contribution is -2.46. The number of hydrogen-bond donors (Lipinski definition) is 0. The van der Waals surface area contributed by atoms with Crippen LogP contribution in [0.5, 0.6) is 11.5 Å². The van der Waals surface area contributed by atoms with E-state index in [1.807, 2.05) is 30.3 Å². The largest absolute Gasteiger partial charge is 0.493 e. The van der Waals surface area contributed by atoms with Crippen molar-refractivity contribution < 1.29 is 14.3 Å². The maximum Gasteiger partial charge on any atom is 0.161 e. The molecule has 1 aliphatic carbocycles. The summed E-state index contributed by atoms with van der Waals surface area (Å²) in [5.74, 6) is 1.64. The molecule has 1 saturated heterocycles. The fourth-order valence-electron chi connectivity index (χ4n) is 4.80. The van der Waals surface area contributed by atoms with Gasteiger partial charge in [0.05, 0.1) is 14.2 Å². The Labute approximate surface area is 160 Å². The molecule has 1 fully saturated rings. The van der Waals surface area contributed by atoms with Crippen molar-refractivity contribution in [2.75, 3.05) is 27.8 Å². The van der Waals surface area contributed by atoms with Crippen LogP contribution in [0.1, 0.15) is 24.0 Å². The van der Waals surface area contributed by atoms with Crippen molar-refractivity contribution in [1.82, 2.24) is 4.90 Å². The lowest BCUT2D eigenvalue weighted by Gasteiger charge is -2.42. The van der Waals surface area contributed by atoms with E-state index in [1.54, 1.807) is 14.2 Å². The van der Waals surface area contributed by atoms with Crippen LogP contribution < -0.4 is 9.47 Å². The number of carbonyl (C=O) groups excluding carboxylic acids is 1. The number of allylic oxidation sites excluding steroid dienone is 1. The molecule has 140 valence electrons. The minimum atomic E-state index is -0.233. The van der Waals surface area contributed by atoms with Gasteiger partial charge in [0.1, 0.15) is 0 Å². The normalized spacial score (nSPS) is 25.1. The Morgan fingerprint density at radius 2 is 1.78 bits per heavy atom. The summed E-state index contributed by atoms with van der Waals surface area (Å²) in [6, 6.07) is 16.6. The van der Waals surface area contributed by atoms with E-state index in [9.17, 15) is 4.79 Å². The van der Waals surface area contributed by atoms with Crippen LogP contribution in [-0.2, 0) is 10.2 Å². The zero-order valence-electron chi connectivity index (χ0n) is 16.1. The van der Waals surface area contributed by atoms with Crippen molar-refractivity contribution in [2.24, 2.45) is 0 Å². The molecule has 2 aromatic carbocycles. The van der Waals surface area contributed by atoms with Gasteiger partial charge in [-0.3, -0.25) is 4.79 Å². The fraction of sp³-hybridized carbons (Fsp3) is 0.348. The molecule has 1 heterocycles. The number of ketones is 1. The summed E-state index contributed by atoms with van der Waals surface area (Å²) in [4.78, 5) is 14.9. The van der Waals surface area contributed by atoms with Crippen molar-refractivity contribution in [2.45, 2.75) is 24.3 Å². The second kappa shape index (κ2) is 6.86. The van der Waals surface area contributed by atoms with Gasteiger partial charge in [0, 0.05) is 17.9 Å². The summed E-state index contributed by atoms with van der Waals surface area (Å²) < 4.78 is 11.0. The first-order chi connectivity index (χ1) is 13.1. The topological polar surface area (TPSA) is 38.8 Å². The van der Waals surface area contributed by atoms with Crippen LogP contribution >= 0.6 is 0 Å². The zero-order valence-corrected chi connectivity index (χ0v) is 16.1. The highest BCUT2D eigenvalue weighted by Gasteiger charge is 2.52. The second-order valence-corrected chi connectivity index (χ2v) is 7.38. The summed E-state index contributed by atoms with van der Waals surface area (Å²) in [7, 11) is 5.43. The zero-order chi connectivity index (χ0) is 19.0. The van der Waals surface area contributed by atoms with E-state index >= 15 is 0 Å². The van der Waals surface area contributed by atoms with E-state index in [0.717, 1.165) is 35.6 Å². The number of methoxy groups -OCH3 is 2. The smallest absolute Gasteiger partial charge is 0.161 e. The highest BCUT2D eigenvalue weighted by Crippen LogP contribution is 2.53. The average molecular weight is 363 g/mol. The van der Waals surface area contributed by atoms with Crippen LogP contribution in [0.3, 0.4) is 0 Å². The standard InChI is InChI=1S/C23H25NO3/c1-24-12-11-23(17-9-10-20(26-2)21(13-17)27-3)19(14-18(25)15-22(23)24)16-7-5-4-6-8-16/h4-10,13-14,22H,11-12,15H2,1-3H3/t22?,23-/m0/s1.